The maximum atomic E-state index is 5.94. The van der Waals surface area contributed by atoms with E-state index in [0.717, 1.165) is 29.0 Å². The van der Waals surface area contributed by atoms with Gasteiger partial charge in [-0.3, -0.25) is 9.55 Å². The maximum Gasteiger partial charge on any atom is 0.297 e. The van der Waals surface area contributed by atoms with E-state index in [1.54, 1.807) is 6.20 Å². The number of hydrogen-bond donors (Lipinski definition) is 0. The third-order valence-electron chi connectivity index (χ3n) is 4.47. The second-order valence-electron chi connectivity index (χ2n) is 7.68. The highest BCUT2D eigenvalue weighted by atomic mass is 16.6. The van der Waals surface area contributed by atoms with Gasteiger partial charge in [0.15, 0.2) is 6.10 Å². The van der Waals surface area contributed by atoms with E-state index >= 15 is 0 Å². The molecule has 0 saturated heterocycles. The lowest BCUT2D eigenvalue weighted by atomic mass is 9.92. The molecule has 5 heteroatoms. The normalized spacial score (nSPS) is 16.7. The van der Waals surface area contributed by atoms with Crippen LogP contribution in [0.1, 0.15) is 32.0 Å². The summed E-state index contributed by atoms with van der Waals surface area (Å²) in [6.07, 6.45) is 1.75. The van der Waals surface area contributed by atoms with Crippen molar-refractivity contribution < 1.29 is 9.47 Å². The van der Waals surface area contributed by atoms with Crippen LogP contribution in [0, 0.1) is 6.92 Å². The Morgan fingerprint density at radius 1 is 1.24 bits per heavy atom. The Labute approximate surface area is 147 Å². The Hall–Kier alpha value is -2.56. The van der Waals surface area contributed by atoms with Gasteiger partial charge in [0.1, 0.15) is 12.4 Å². The molecule has 0 aliphatic carbocycles. The number of hydrogen-bond acceptors (Lipinski definition) is 4. The van der Waals surface area contributed by atoms with Gasteiger partial charge in [-0.05, 0) is 36.8 Å². The van der Waals surface area contributed by atoms with Crippen LogP contribution in [-0.2, 0) is 12.0 Å². The Morgan fingerprint density at radius 3 is 2.80 bits per heavy atom. The van der Waals surface area contributed by atoms with Crippen molar-refractivity contribution in [3.63, 3.8) is 0 Å². The second kappa shape index (κ2) is 5.76. The molecule has 5 nitrogen and oxygen atoms in total. The second-order valence-corrected chi connectivity index (χ2v) is 7.68. The van der Waals surface area contributed by atoms with E-state index in [0.29, 0.717) is 12.6 Å². The molecule has 1 aliphatic heterocycles. The number of imidazole rings is 1. The van der Waals surface area contributed by atoms with Crippen LogP contribution in [-0.4, -0.2) is 27.2 Å². The number of nitrogens with zero attached hydrogens (tertiary/aromatic N) is 3. The zero-order chi connectivity index (χ0) is 17.6. The van der Waals surface area contributed by atoms with Crippen LogP contribution >= 0.6 is 0 Å². The highest BCUT2D eigenvalue weighted by Gasteiger charge is 2.27. The molecular weight excluding hydrogens is 314 g/mol. The van der Waals surface area contributed by atoms with Gasteiger partial charge in [-0.2, -0.15) is 4.98 Å². The summed E-state index contributed by atoms with van der Waals surface area (Å²) >= 11 is 0. The summed E-state index contributed by atoms with van der Waals surface area (Å²) in [6.45, 7) is 9.77. The van der Waals surface area contributed by atoms with Gasteiger partial charge < -0.3 is 9.47 Å². The lowest BCUT2D eigenvalue weighted by Crippen LogP contribution is -2.23. The maximum absolute atomic E-state index is 5.94. The molecule has 1 aromatic carbocycles. The molecule has 3 heterocycles. The molecule has 25 heavy (non-hydrogen) atoms. The smallest absolute Gasteiger partial charge is 0.297 e. The molecule has 0 radical (unpaired) electrons. The number of aryl methyl sites for hydroxylation is 1. The van der Waals surface area contributed by atoms with Gasteiger partial charge in [0, 0.05) is 11.1 Å². The lowest BCUT2D eigenvalue weighted by molar-refractivity contribution is 0.143. The summed E-state index contributed by atoms with van der Waals surface area (Å²) in [5.74, 6) is 0.766. The fourth-order valence-corrected chi connectivity index (χ4v) is 3.05. The summed E-state index contributed by atoms with van der Waals surface area (Å²) in [5, 5.41) is 0. The minimum Gasteiger partial charge on any atom is -0.488 e. The van der Waals surface area contributed by atoms with Gasteiger partial charge in [-0.15, -0.1) is 0 Å². The predicted molar refractivity (Wildman–Crippen MR) is 97.3 cm³/mol. The first-order valence-corrected chi connectivity index (χ1v) is 8.63. The molecule has 0 spiro atoms. The monoisotopic (exact) mass is 337 g/mol. The van der Waals surface area contributed by atoms with Gasteiger partial charge in [-0.1, -0.05) is 26.8 Å². The number of ether oxygens (including phenoxy) is 2. The van der Waals surface area contributed by atoms with Gasteiger partial charge in [0.05, 0.1) is 23.8 Å². The van der Waals surface area contributed by atoms with Crippen molar-refractivity contribution in [2.75, 3.05) is 6.61 Å². The van der Waals surface area contributed by atoms with E-state index in [1.807, 2.05) is 18.2 Å². The number of aromatic nitrogens is 3. The van der Waals surface area contributed by atoms with E-state index in [2.05, 4.69) is 54.4 Å². The molecule has 1 aliphatic rings. The van der Waals surface area contributed by atoms with Crippen molar-refractivity contribution >= 4 is 11.0 Å². The first-order chi connectivity index (χ1) is 11.9. The Balaban J connectivity index is 1.42. The molecule has 3 aromatic rings. The fourth-order valence-electron chi connectivity index (χ4n) is 3.05. The van der Waals surface area contributed by atoms with E-state index in [1.165, 1.54) is 5.56 Å². The number of benzene rings is 1. The van der Waals surface area contributed by atoms with Crippen molar-refractivity contribution in [1.29, 1.82) is 0 Å². The third-order valence-corrected chi connectivity index (χ3v) is 4.47. The van der Waals surface area contributed by atoms with Gasteiger partial charge in [0.2, 0.25) is 0 Å². The molecule has 2 aromatic heterocycles. The third kappa shape index (κ3) is 3.06. The quantitative estimate of drug-likeness (QED) is 0.728. The molecule has 4 rings (SSSR count). The van der Waals surface area contributed by atoms with E-state index in [4.69, 9.17) is 9.47 Å². The summed E-state index contributed by atoms with van der Waals surface area (Å²) < 4.78 is 13.9. The molecule has 0 bridgehead atoms. The minimum absolute atomic E-state index is 0.0327. The number of pyridine rings is 1. The lowest BCUT2D eigenvalue weighted by Gasteiger charge is -2.18. The van der Waals surface area contributed by atoms with Crippen molar-refractivity contribution in [1.82, 2.24) is 14.5 Å². The van der Waals surface area contributed by atoms with Crippen LogP contribution < -0.4 is 9.47 Å². The van der Waals surface area contributed by atoms with Crippen molar-refractivity contribution in [2.45, 2.75) is 45.8 Å². The summed E-state index contributed by atoms with van der Waals surface area (Å²) in [4.78, 5) is 9.04. The van der Waals surface area contributed by atoms with E-state index in [9.17, 15) is 0 Å². The summed E-state index contributed by atoms with van der Waals surface area (Å²) in [7, 11) is 0. The average molecular weight is 337 g/mol. The summed E-state index contributed by atoms with van der Waals surface area (Å²) in [5.41, 5.74) is 4.41. The van der Waals surface area contributed by atoms with Crippen LogP contribution in [0.4, 0.5) is 0 Å². The number of rotatable bonds is 3. The summed E-state index contributed by atoms with van der Waals surface area (Å²) in [6, 6.07) is 10.9. The van der Waals surface area contributed by atoms with Crippen molar-refractivity contribution in [3.05, 3.63) is 47.8 Å². The van der Waals surface area contributed by atoms with E-state index in [-0.39, 0.29) is 11.5 Å². The van der Waals surface area contributed by atoms with Gasteiger partial charge in [-0.25, -0.2) is 0 Å². The first kappa shape index (κ1) is 15.9. The van der Waals surface area contributed by atoms with Gasteiger partial charge >= 0.3 is 0 Å². The van der Waals surface area contributed by atoms with Gasteiger partial charge in [0.25, 0.3) is 6.01 Å². The zero-order valence-corrected chi connectivity index (χ0v) is 15.1. The molecular formula is C20H23N3O2. The Morgan fingerprint density at radius 2 is 2.08 bits per heavy atom. The van der Waals surface area contributed by atoms with Crippen LogP contribution in [0.2, 0.25) is 0 Å². The highest BCUT2D eigenvalue weighted by molar-refractivity contribution is 5.77. The van der Waals surface area contributed by atoms with Crippen molar-refractivity contribution in [3.8, 4) is 11.8 Å². The first-order valence-electron chi connectivity index (χ1n) is 8.63. The van der Waals surface area contributed by atoms with E-state index < -0.39 is 0 Å². The molecule has 130 valence electrons. The fraction of sp³-hybridized carbons (Fsp3) is 0.400. The molecule has 0 amide bonds. The molecule has 0 fully saturated rings. The zero-order valence-electron chi connectivity index (χ0n) is 15.1. The SMILES string of the molecule is Cc1ccc2nc3n(c2c1)C[C@@H](COc1ccc(C(C)(C)C)nc1)O3. The molecule has 0 unspecified atom stereocenters. The largest absolute Gasteiger partial charge is 0.488 e. The van der Waals surface area contributed by atoms with Crippen LogP contribution in [0.25, 0.3) is 11.0 Å². The Kier molecular flexibility index (Phi) is 3.67. The van der Waals surface area contributed by atoms with Crippen LogP contribution in [0.5, 0.6) is 11.8 Å². The number of fused-ring (bicyclic) bond motifs is 3. The average Bonchev–Trinajstić information content (AvgIpc) is 3.10. The van der Waals surface area contributed by atoms with Crippen LogP contribution in [0.3, 0.4) is 0 Å². The standard InChI is InChI=1S/C20H23N3O2/c1-13-5-7-16-17(9-13)23-11-15(25-19(23)22-16)12-24-14-6-8-18(21-10-14)20(2,3)4/h5-10,15H,11-12H2,1-4H3/t15-/m0/s1. The van der Waals surface area contributed by atoms with Crippen LogP contribution in [0.15, 0.2) is 36.5 Å². The Bertz CT molecular complexity index is 907. The highest BCUT2D eigenvalue weighted by Crippen LogP contribution is 2.29. The minimum atomic E-state index is -0.0327. The molecule has 0 saturated carbocycles. The molecule has 0 N–H and O–H groups in total. The predicted octanol–water partition coefficient (Wildman–Crippen LogP) is 3.88. The topological polar surface area (TPSA) is 49.2 Å². The molecule has 1 atom stereocenters. The van der Waals surface area contributed by atoms with Crippen molar-refractivity contribution in [2.24, 2.45) is 0 Å².